The zero-order valence-corrected chi connectivity index (χ0v) is 19.6. The van der Waals surface area contributed by atoms with E-state index in [9.17, 15) is 0 Å². The van der Waals surface area contributed by atoms with E-state index in [1.54, 1.807) is 0 Å². The summed E-state index contributed by atoms with van der Waals surface area (Å²) in [5, 5.41) is 0. The van der Waals surface area contributed by atoms with Crippen LogP contribution in [-0.2, 0) is 5.41 Å². The maximum Gasteiger partial charge on any atom is 0.124 e. The van der Waals surface area contributed by atoms with Crippen molar-refractivity contribution in [3.63, 3.8) is 0 Å². The first-order valence-electron chi connectivity index (χ1n) is 11.1. The Hall–Kier alpha value is -2.54. The second-order valence-electron chi connectivity index (χ2n) is 9.91. The minimum atomic E-state index is 0.0712. The van der Waals surface area contributed by atoms with Gasteiger partial charge in [0, 0.05) is 0 Å². The van der Waals surface area contributed by atoms with Gasteiger partial charge in [0.05, 0.1) is 0 Å². The number of aryl methyl sites for hydroxylation is 2. The van der Waals surface area contributed by atoms with Crippen LogP contribution in [0.25, 0.3) is 11.1 Å². The van der Waals surface area contributed by atoms with Gasteiger partial charge in [-0.2, -0.15) is 0 Å². The predicted molar refractivity (Wildman–Crippen MR) is 129 cm³/mol. The highest BCUT2D eigenvalue weighted by Gasteiger charge is 2.18. The molecule has 3 aromatic rings. The summed E-state index contributed by atoms with van der Waals surface area (Å²) in [6.07, 6.45) is 1.07. The lowest BCUT2D eigenvalue weighted by atomic mass is 9.85. The summed E-state index contributed by atoms with van der Waals surface area (Å²) in [4.78, 5) is 0. The predicted octanol–water partition coefficient (Wildman–Crippen LogP) is 8.43. The van der Waals surface area contributed by atoms with Crippen molar-refractivity contribution in [2.45, 2.75) is 66.4 Å². The molecule has 1 unspecified atom stereocenters. The molecule has 0 aromatic heterocycles. The smallest absolute Gasteiger partial charge is 0.124 e. The molecule has 0 aliphatic carbocycles. The van der Waals surface area contributed by atoms with Gasteiger partial charge in [-0.3, -0.25) is 0 Å². The minimum absolute atomic E-state index is 0.0712. The summed E-state index contributed by atoms with van der Waals surface area (Å²) in [6.45, 7) is 15.6. The molecule has 30 heavy (non-hydrogen) atoms. The van der Waals surface area contributed by atoms with Crippen LogP contribution in [0.1, 0.15) is 69.4 Å². The van der Waals surface area contributed by atoms with E-state index in [0.29, 0.717) is 5.92 Å². The molecule has 0 N–H and O–H groups in total. The Kier molecular flexibility index (Phi) is 6.71. The summed E-state index contributed by atoms with van der Waals surface area (Å²) in [5.74, 6) is 1.52. The summed E-state index contributed by atoms with van der Waals surface area (Å²) in [5.41, 5.74) is 7.86. The summed E-state index contributed by atoms with van der Waals surface area (Å²) < 4.78 is 6.53. The van der Waals surface area contributed by atoms with Gasteiger partial charge in [0.1, 0.15) is 11.9 Å². The van der Waals surface area contributed by atoms with Gasteiger partial charge in [0.2, 0.25) is 0 Å². The van der Waals surface area contributed by atoms with Crippen molar-refractivity contribution < 1.29 is 4.74 Å². The third-order valence-electron chi connectivity index (χ3n) is 5.68. The topological polar surface area (TPSA) is 9.23 Å². The average Bonchev–Trinajstić information content (AvgIpc) is 2.67. The molecule has 0 bridgehead atoms. The van der Waals surface area contributed by atoms with Crippen LogP contribution in [0.4, 0.5) is 0 Å². The van der Waals surface area contributed by atoms with Crippen LogP contribution in [0, 0.1) is 19.8 Å². The molecule has 0 heterocycles. The van der Waals surface area contributed by atoms with Crippen LogP contribution >= 0.6 is 0 Å². The van der Waals surface area contributed by atoms with Crippen LogP contribution < -0.4 is 4.74 Å². The van der Waals surface area contributed by atoms with Gasteiger partial charge >= 0.3 is 0 Å². The van der Waals surface area contributed by atoms with Crippen molar-refractivity contribution in [3.05, 3.63) is 89.0 Å². The summed E-state index contributed by atoms with van der Waals surface area (Å²) in [7, 11) is 0. The summed E-state index contributed by atoms with van der Waals surface area (Å²) >= 11 is 0. The van der Waals surface area contributed by atoms with E-state index < -0.39 is 0 Å². The Balaban J connectivity index is 1.90. The standard InChI is InChI=1S/C29H36O/c1-20(2)17-27(23-11-9-8-10-12-23)30-26-18-21(3)28(22(4)19-26)24-13-15-25(16-14-24)29(5,6)7/h8-16,18-20,27H,17H2,1-7H3. The lowest BCUT2D eigenvalue weighted by Gasteiger charge is -2.23. The zero-order valence-electron chi connectivity index (χ0n) is 19.6. The Labute approximate surface area is 183 Å². The normalized spacial score (nSPS) is 12.8. The van der Waals surface area contributed by atoms with Gasteiger partial charge < -0.3 is 4.74 Å². The van der Waals surface area contributed by atoms with Crippen molar-refractivity contribution in [1.29, 1.82) is 0 Å². The molecule has 0 fully saturated rings. The molecule has 158 valence electrons. The first-order chi connectivity index (χ1) is 14.1. The van der Waals surface area contributed by atoms with Gasteiger partial charge in [0.25, 0.3) is 0 Å². The fourth-order valence-electron chi connectivity index (χ4n) is 4.10. The van der Waals surface area contributed by atoms with Crippen LogP contribution in [0.5, 0.6) is 5.75 Å². The molecule has 0 aliphatic rings. The zero-order chi connectivity index (χ0) is 21.9. The highest BCUT2D eigenvalue weighted by atomic mass is 16.5. The Morgan fingerprint density at radius 3 is 1.87 bits per heavy atom. The van der Waals surface area contributed by atoms with E-state index in [0.717, 1.165) is 12.2 Å². The van der Waals surface area contributed by atoms with Crippen molar-refractivity contribution in [3.8, 4) is 16.9 Å². The lowest BCUT2D eigenvalue weighted by Crippen LogP contribution is -2.11. The second-order valence-corrected chi connectivity index (χ2v) is 9.91. The van der Waals surface area contributed by atoms with Crippen molar-refractivity contribution in [1.82, 2.24) is 0 Å². The van der Waals surface area contributed by atoms with Crippen LogP contribution in [0.15, 0.2) is 66.7 Å². The third kappa shape index (κ3) is 5.33. The van der Waals surface area contributed by atoms with Crippen LogP contribution in [0.3, 0.4) is 0 Å². The molecule has 1 nitrogen and oxygen atoms in total. The average molecular weight is 401 g/mol. The van der Waals surface area contributed by atoms with Gasteiger partial charge in [-0.05, 0) is 77.1 Å². The third-order valence-corrected chi connectivity index (χ3v) is 5.68. The van der Waals surface area contributed by atoms with Gasteiger partial charge in [-0.25, -0.2) is 0 Å². The molecule has 3 aromatic carbocycles. The molecule has 0 saturated heterocycles. The molecule has 1 heteroatoms. The Bertz CT molecular complexity index is 936. The Morgan fingerprint density at radius 1 is 0.800 bits per heavy atom. The van der Waals surface area contributed by atoms with E-state index in [1.807, 2.05) is 0 Å². The first kappa shape index (κ1) is 22.2. The van der Waals surface area contributed by atoms with Gasteiger partial charge in [-0.1, -0.05) is 89.2 Å². The van der Waals surface area contributed by atoms with E-state index in [-0.39, 0.29) is 11.5 Å². The maximum absolute atomic E-state index is 6.53. The van der Waals surface area contributed by atoms with E-state index in [4.69, 9.17) is 4.74 Å². The first-order valence-corrected chi connectivity index (χ1v) is 11.1. The SMILES string of the molecule is Cc1cc(OC(CC(C)C)c2ccccc2)cc(C)c1-c1ccc(C(C)(C)C)cc1. The highest BCUT2D eigenvalue weighted by molar-refractivity contribution is 5.72. The number of ether oxygens (including phenoxy) is 1. The number of hydrogen-bond acceptors (Lipinski definition) is 1. The largest absolute Gasteiger partial charge is 0.486 e. The molecule has 0 aliphatic heterocycles. The van der Waals surface area contributed by atoms with Crippen molar-refractivity contribution in [2.24, 2.45) is 5.92 Å². The van der Waals surface area contributed by atoms with E-state index >= 15 is 0 Å². The summed E-state index contributed by atoms with van der Waals surface area (Å²) in [6, 6.07) is 24.0. The maximum atomic E-state index is 6.53. The molecule has 0 saturated carbocycles. The second kappa shape index (κ2) is 9.08. The van der Waals surface area contributed by atoms with Crippen molar-refractivity contribution in [2.75, 3.05) is 0 Å². The highest BCUT2D eigenvalue weighted by Crippen LogP contribution is 2.35. The molecule has 0 radical (unpaired) electrons. The molecular weight excluding hydrogens is 364 g/mol. The van der Waals surface area contributed by atoms with Crippen LogP contribution in [-0.4, -0.2) is 0 Å². The van der Waals surface area contributed by atoms with E-state index in [1.165, 1.54) is 33.4 Å². The molecule has 0 amide bonds. The fraction of sp³-hybridized carbons (Fsp3) is 0.379. The molecular formula is C29H36O. The minimum Gasteiger partial charge on any atom is -0.486 e. The quantitative estimate of drug-likeness (QED) is 0.403. The fourth-order valence-corrected chi connectivity index (χ4v) is 4.10. The number of benzene rings is 3. The van der Waals surface area contributed by atoms with Gasteiger partial charge in [0.15, 0.2) is 0 Å². The van der Waals surface area contributed by atoms with E-state index in [2.05, 4.69) is 115 Å². The monoisotopic (exact) mass is 400 g/mol. The molecule has 0 spiro atoms. The number of rotatable bonds is 6. The number of hydrogen-bond donors (Lipinski definition) is 0. The molecule has 3 rings (SSSR count). The van der Waals surface area contributed by atoms with Crippen LogP contribution in [0.2, 0.25) is 0 Å². The molecule has 1 atom stereocenters. The van der Waals surface area contributed by atoms with Gasteiger partial charge in [-0.15, -0.1) is 0 Å². The van der Waals surface area contributed by atoms with Crippen molar-refractivity contribution >= 4 is 0 Å². The Morgan fingerprint density at radius 2 is 1.37 bits per heavy atom. The lowest BCUT2D eigenvalue weighted by molar-refractivity contribution is 0.177.